The molecule has 0 aliphatic heterocycles. The third kappa shape index (κ3) is 6.30. The van der Waals surface area contributed by atoms with Crippen molar-refractivity contribution >= 4 is 15.8 Å². The van der Waals surface area contributed by atoms with E-state index >= 15 is 0 Å². The van der Waals surface area contributed by atoms with Crippen molar-refractivity contribution in [2.24, 2.45) is 0 Å². The normalized spacial score (nSPS) is 12.4. The van der Waals surface area contributed by atoms with Gasteiger partial charge in [0.05, 0.1) is 0 Å². The molecule has 0 radical (unpaired) electrons. The van der Waals surface area contributed by atoms with Gasteiger partial charge in [0.1, 0.15) is 10.7 Å². The lowest BCUT2D eigenvalue weighted by Crippen LogP contribution is -2.27. The van der Waals surface area contributed by atoms with Crippen molar-refractivity contribution in [3.8, 4) is 0 Å². The Bertz CT molecular complexity index is 547. The standard InChI is InChI=1S/C12H18F3N3O2S/c1-2-7-16-11-10(5-3-8-17-11)21(19,20)18-9-4-6-12(13,14)15/h3,5,8,18H,2,4,6-7,9H2,1H3,(H,16,17). The van der Waals surface area contributed by atoms with Gasteiger partial charge in [-0.05, 0) is 25.0 Å². The molecule has 0 amide bonds. The lowest BCUT2D eigenvalue weighted by Gasteiger charge is -2.12. The highest BCUT2D eigenvalue weighted by atomic mass is 32.2. The Morgan fingerprint density at radius 1 is 1.29 bits per heavy atom. The van der Waals surface area contributed by atoms with Crippen LogP contribution in [-0.2, 0) is 10.0 Å². The topological polar surface area (TPSA) is 71.1 Å². The second-order valence-corrected chi connectivity index (χ2v) is 6.13. The van der Waals surface area contributed by atoms with Crippen LogP contribution < -0.4 is 10.0 Å². The third-order valence-corrected chi connectivity index (χ3v) is 4.02. The molecule has 5 nitrogen and oxygen atoms in total. The maximum absolute atomic E-state index is 12.1. The van der Waals surface area contributed by atoms with Crippen LogP contribution in [0, 0.1) is 0 Å². The molecule has 1 heterocycles. The summed E-state index contributed by atoms with van der Waals surface area (Å²) in [6.07, 6.45) is -3.38. The number of alkyl halides is 3. The summed E-state index contributed by atoms with van der Waals surface area (Å²) < 4.78 is 62.3. The molecule has 1 aromatic heterocycles. The number of hydrogen-bond acceptors (Lipinski definition) is 4. The maximum atomic E-state index is 12.1. The quantitative estimate of drug-likeness (QED) is 0.721. The highest BCUT2D eigenvalue weighted by Gasteiger charge is 2.26. The molecule has 0 unspecified atom stereocenters. The third-order valence-electron chi connectivity index (χ3n) is 2.53. The van der Waals surface area contributed by atoms with E-state index in [-0.39, 0.29) is 23.7 Å². The Kier molecular flexibility index (Phi) is 6.41. The minimum absolute atomic E-state index is 0.0644. The first-order valence-corrected chi connectivity index (χ1v) is 8.00. The van der Waals surface area contributed by atoms with Crippen LogP contribution in [0.1, 0.15) is 26.2 Å². The van der Waals surface area contributed by atoms with Crippen LogP contribution in [0.25, 0.3) is 0 Å². The van der Waals surface area contributed by atoms with Crippen molar-refractivity contribution in [2.75, 3.05) is 18.4 Å². The molecule has 1 aromatic rings. The Balaban J connectivity index is 2.70. The van der Waals surface area contributed by atoms with Gasteiger partial charge < -0.3 is 5.32 Å². The van der Waals surface area contributed by atoms with Crippen molar-refractivity contribution in [1.82, 2.24) is 9.71 Å². The van der Waals surface area contributed by atoms with Crippen LogP contribution in [-0.4, -0.2) is 32.7 Å². The van der Waals surface area contributed by atoms with Gasteiger partial charge in [-0.15, -0.1) is 0 Å². The van der Waals surface area contributed by atoms with Gasteiger partial charge in [0.2, 0.25) is 10.0 Å². The molecule has 2 N–H and O–H groups in total. The molecule has 0 aliphatic rings. The van der Waals surface area contributed by atoms with Gasteiger partial charge >= 0.3 is 6.18 Å². The van der Waals surface area contributed by atoms with Gasteiger partial charge in [-0.3, -0.25) is 0 Å². The van der Waals surface area contributed by atoms with Gasteiger partial charge in [0.15, 0.2) is 0 Å². The average Bonchev–Trinajstić information content (AvgIpc) is 2.41. The van der Waals surface area contributed by atoms with Gasteiger partial charge in [-0.25, -0.2) is 18.1 Å². The number of halogens is 3. The van der Waals surface area contributed by atoms with Crippen LogP contribution in [0.15, 0.2) is 23.2 Å². The first-order valence-electron chi connectivity index (χ1n) is 6.51. The van der Waals surface area contributed by atoms with Gasteiger partial charge in [-0.2, -0.15) is 13.2 Å². The summed E-state index contributed by atoms with van der Waals surface area (Å²) in [7, 11) is -3.88. The molecule has 21 heavy (non-hydrogen) atoms. The second-order valence-electron chi connectivity index (χ2n) is 4.39. The summed E-state index contributed by atoms with van der Waals surface area (Å²) in [5.41, 5.74) is 0. The van der Waals surface area contributed by atoms with Gasteiger partial charge in [0.25, 0.3) is 0 Å². The Labute approximate surface area is 122 Å². The van der Waals surface area contributed by atoms with Crippen LogP contribution >= 0.6 is 0 Å². The number of nitrogens with one attached hydrogen (secondary N) is 2. The molecule has 0 saturated carbocycles. The number of rotatable bonds is 8. The number of nitrogens with zero attached hydrogens (tertiary/aromatic N) is 1. The minimum atomic E-state index is -4.28. The zero-order chi connectivity index (χ0) is 15.9. The SMILES string of the molecule is CCCNc1ncccc1S(=O)(=O)NCCCC(F)(F)F. The molecule has 120 valence electrons. The molecule has 0 spiro atoms. The van der Waals surface area contributed by atoms with E-state index in [0.717, 1.165) is 6.42 Å². The summed E-state index contributed by atoms with van der Waals surface area (Å²) >= 11 is 0. The Morgan fingerprint density at radius 3 is 2.62 bits per heavy atom. The van der Waals surface area contributed by atoms with E-state index in [1.54, 1.807) is 0 Å². The molecule has 0 saturated heterocycles. The molecule has 0 bridgehead atoms. The number of pyridine rings is 1. The zero-order valence-corrected chi connectivity index (χ0v) is 12.4. The number of hydrogen-bond donors (Lipinski definition) is 2. The number of anilines is 1. The van der Waals surface area contributed by atoms with E-state index in [0.29, 0.717) is 6.54 Å². The van der Waals surface area contributed by atoms with Gasteiger partial charge in [-0.1, -0.05) is 6.92 Å². The predicted molar refractivity (Wildman–Crippen MR) is 73.5 cm³/mol. The van der Waals surface area contributed by atoms with Crippen molar-refractivity contribution in [3.63, 3.8) is 0 Å². The highest BCUT2D eigenvalue weighted by Crippen LogP contribution is 2.21. The molecule has 0 fully saturated rings. The van der Waals surface area contributed by atoms with E-state index in [1.807, 2.05) is 6.92 Å². The van der Waals surface area contributed by atoms with E-state index in [2.05, 4.69) is 15.0 Å². The van der Waals surface area contributed by atoms with E-state index in [4.69, 9.17) is 0 Å². The minimum Gasteiger partial charge on any atom is -0.369 e. The van der Waals surface area contributed by atoms with Crippen LogP contribution in [0.2, 0.25) is 0 Å². The first kappa shape index (κ1) is 17.7. The monoisotopic (exact) mass is 325 g/mol. The van der Waals surface area contributed by atoms with Crippen LogP contribution in [0.4, 0.5) is 19.0 Å². The lowest BCUT2D eigenvalue weighted by molar-refractivity contribution is -0.135. The summed E-state index contributed by atoms with van der Waals surface area (Å²) in [6, 6.07) is 2.82. The summed E-state index contributed by atoms with van der Waals surface area (Å²) in [5, 5.41) is 2.87. The average molecular weight is 325 g/mol. The Hall–Kier alpha value is -1.35. The fourth-order valence-electron chi connectivity index (χ4n) is 1.56. The molecule has 0 aliphatic carbocycles. The van der Waals surface area contributed by atoms with Crippen molar-refractivity contribution in [2.45, 2.75) is 37.3 Å². The largest absolute Gasteiger partial charge is 0.389 e. The molecular formula is C12H18F3N3O2S. The molecule has 9 heteroatoms. The van der Waals surface area contributed by atoms with E-state index < -0.39 is 22.6 Å². The summed E-state index contributed by atoms with van der Waals surface area (Å²) in [6.45, 7) is 2.19. The Morgan fingerprint density at radius 2 is 2.00 bits per heavy atom. The van der Waals surface area contributed by atoms with Crippen molar-refractivity contribution in [1.29, 1.82) is 0 Å². The van der Waals surface area contributed by atoms with E-state index in [9.17, 15) is 21.6 Å². The van der Waals surface area contributed by atoms with Crippen LogP contribution in [0.5, 0.6) is 0 Å². The highest BCUT2D eigenvalue weighted by molar-refractivity contribution is 7.89. The number of aromatic nitrogens is 1. The van der Waals surface area contributed by atoms with Crippen molar-refractivity contribution < 1.29 is 21.6 Å². The molecule has 1 rings (SSSR count). The second kappa shape index (κ2) is 7.60. The first-order chi connectivity index (χ1) is 9.76. The van der Waals surface area contributed by atoms with Crippen LogP contribution in [0.3, 0.4) is 0 Å². The number of sulfonamides is 1. The maximum Gasteiger partial charge on any atom is 0.389 e. The summed E-state index contributed by atoms with van der Waals surface area (Å²) in [4.78, 5) is 3.88. The smallest absolute Gasteiger partial charge is 0.369 e. The lowest BCUT2D eigenvalue weighted by atomic mass is 10.3. The zero-order valence-electron chi connectivity index (χ0n) is 11.6. The van der Waals surface area contributed by atoms with E-state index in [1.165, 1.54) is 18.3 Å². The molecule has 0 atom stereocenters. The predicted octanol–water partition coefficient (Wildman–Crippen LogP) is 2.52. The molecular weight excluding hydrogens is 307 g/mol. The van der Waals surface area contributed by atoms with Gasteiger partial charge in [0, 0.05) is 25.7 Å². The fraction of sp³-hybridized carbons (Fsp3) is 0.583. The molecule has 0 aromatic carbocycles. The van der Waals surface area contributed by atoms with Crippen molar-refractivity contribution in [3.05, 3.63) is 18.3 Å². The summed E-state index contributed by atoms with van der Waals surface area (Å²) in [5.74, 6) is 0.197. The fourth-order valence-corrected chi connectivity index (χ4v) is 2.76.